The summed E-state index contributed by atoms with van der Waals surface area (Å²) in [6.45, 7) is 1.69. The zero-order valence-corrected chi connectivity index (χ0v) is 14.3. The van der Waals surface area contributed by atoms with E-state index in [0.717, 1.165) is 16.0 Å². The van der Waals surface area contributed by atoms with Gasteiger partial charge in [-0.3, -0.25) is 4.79 Å². The Kier molecular flexibility index (Phi) is 5.01. The molecule has 2 aromatic rings. The molecule has 3 rings (SSSR count). The highest BCUT2D eigenvalue weighted by atomic mass is 19.1. The third-order valence-corrected chi connectivity index (χ3v) is 4.83. The van der Waals surface area contributed by atoms with Gasteiger partial charge in [-0.15, -0.1) is 0 Å². The molecule has 0 saturated carbocycles. The number of nitrogens with zero attached hydrogens (tertiary/aromatic N) is 2. The van der Waals surface area contributed by atoms with Crippen LogP contribution in [0.1, 0.15) is 11.1 Å². The van der Waals surface area contributed by atoms with Gasteiger partial charge in [0.05, 0.1) is 18.6 Å². The van der Waals surface area contributed by atoms with E-state index in [1.54, 1.807) is 18.2 Å². The molecule has 1 heterocycles. The number of hydrogen-bond acceptors (Lipinski definition) is 3. The molecule has 2 aromatic carbocycles. The van der Waals surface area contributed by atoms with Gasteiger partial charge in [0.1, 0.15) is 12.0 Å². The number of carbonyl (C=O) groups excluding carboxylic acids is 1. The standard InChI is InChI=1S/C20H19F2N3O/c1-12-4-2-5-13(8-12)15-7-3-6-14(19(15)22)9-17-20(24)16(21)11-25(17)18(26)10-23/h2-8,16-17,20H,9,11,24H2,1H3/t16-,17-,20-/m0/s1. The van der Waals surface area contributed by atoms with Gasteiger partial charge in [-0.1, -0.05) is 48.0 Å². The van der Waals surface area contributed by atoms with Crippen LogP contribution < -0.4 is 5.73 Å². The van der Waals surface area contributed by atoms with E-state index in [1.807, 2.05) is 31.2 Å². The normalized spacial score (nSPS) is 22.3. The highest BCUT2D eigenvalue weighted by Gasteiger charge is 2.42. The first-order valence-electron chi connectivity index (χ1n) is 8.37. The third kappa shape index (κ3) is 3.31. The maximum Gasteiger partial charge on any atom is 0.325 e. The number of aryl methyl sites for hydroxylation is 1. The van der Waals surface area contributed by atoms with Crippen LogP contribution in [0, 0.1) is 24.1 Å². The van der Waals surface area contributed by atoms with Gasteiger partial charge in [0.2, 0.25) is 0 Å². The van der Waals surface area contributed by atoms with Crippen molar-refractivity contribution < 1.29 is 13.6 Å². The minimum Gasteiger partial charge on any atom is -0.323 e. The molecule has 0 bridgehead atoms. The molecule has 1 aliphatic heterocycles. The topological polar surface area (TPSA) is 70.1 Å². The lowest BCUT2D eigenvalue weighted by Gasteiger charge is -2.24. The van der Waals surface area contributed by atoms with Gasteiger partial charge >= 0.3 is 5.91 Å². The average Bonchev–Trinajstić information content (AvgIpc) is 2.91. The lowest BCUT2D eigenvalue weighted by atomic mass is 9.95. The highest BCUT2D eigenvalue weighted by molar-refractivity contribution is 5.91. The van der Waals surface area contributed by atoms with Gasteiger partial charge in [0, 0.05) is 5.56 Å². The molecule has 4 nitrogen and oxygen atoms in total. The summed E-state index contributed by atoms with van der Waals surface area (Å²) in [6.07, 6.45) is -1.37. The molecule has 6 heteroatoms. The second-order valence-electron chi connectivity index (χ2n) is 6.58. The number of amides is 1. The van der Waals surface area contributed by atoms with Crippen LogP contribution in [-0.4, -0.2) is 35.6 Å². The number of halogens is 2. The molecule has 0 aliphatic carbocycles. The van der Waals surface area contributed by atoms with Crippen LogP contribution in [0.4, 0.5) is 8.78 Å². The molecule has 0 aromatic heterocycles. The molecule has 3 atom stereocenters. The van der Waals surface area contributed by atoms with Crippen LogP contribution in [0.2, 0.25) is 0 Å². The Labute approximate surface area is 150 Å². The predicted molar refractivity (Wildman–Crippen MR) is 94.3 cm³/mol. The van der Waals surface area contributed by atoms with E-state index < -0.39 is 30.0 Å². The van der Waals surface area contributed by atoms with Crippen LogP contribution in [0.5, 0.6) is 0 Å². The van der Waals surface area contributed by atoms with Gasteiger partial charge in [-0.2, -0.15) is 5.26 Å². The van der Waals surface area contributed by atoms with Crippen molar-refractivity contribution in [2.75, 3.05) is 6.54 Å². The molecule has 0 radical (unpaired) electrons. The molecular formula is C20H19F2N3O. The van der Waals surface area contributed by atoms with Crippen molar-refractivity contribution in [3.05, 3.63) is 59.4 Å². The predicted octanol–water partition coefficient (Wildman–Crippen LogP) is 2.74. The quantitative estimate of drug-likeness (QED) is 0.861. The summed E-state index contributed by atoms with van der Waals surface area (Å²) in [7, 11) is 0. The van der Waals surface area contributed by atoms with E-state index in [1.165, 1.54) is 6.07 Å². The second-order valence-corrected chi connectivity index (χ2v) is 6.58. The number of nitriles is 1. The molecule has 1 amide bonds. The maximum absolute atomic E-state index is 15.1. The summed E-state index contributed by atoms with van der Waals surface area (Å²) in [6, 6.07) is 12.3. The molecule has 134 valence electrons. The van der Waals surface area contributed by atoms with Gasteiger partial charge in [-0.05, 0) is 24.5 Å². The Morgan fingerprint density at radius 2 is 2.08 bits per heavy atom. The van der Waals surface area contributed by atoms with Crippen molar-refractivity contribution in [3.8, 4) is 17.2 Å². The molecule has 0 spiro atoms. The summed E-state index contributed by atoms with van der Waals surface area (Å²) in [5.74, 6) is -1.27. The van der Waals surface area contributed by atoms with Crippen molar-refractivity contribution in [2.45, 2.75) is 31.6 Å². The van der Waals surface area contributed by atoms with Crippen LogP contribution in [0.15, 0.2) is 42.5 Å². The number of nitrogens with two attached hydrogens (primary N) is 1. The molecule has 1 aliphatic rings. The highest BCUT2D eigenvalue weighted by Crippen LogP contribution is 2.29. The van der Waals surface area contributed by atoms with E-state index in [9.17, 15) is 9.18 Å². The van der Waals surface area contributed by atoms with Gasteiger partial charge in [0.25, 0.3) is 0 Å². The van der Waals surface area contributed by atoms with Crippen LogP contribution in [0.3, 0.4) is 0 Å². The summed E-state index contributed by atoms with van der Waals surface area (Å²) in [5, 5.41) is 8.85. The summed E-state index contributed by atoms with van der Waals surface area (Å²) < 4.78 is 29.1. The Hall–Kier alpha value is -2.78. The molecular weight excluding hydrogens is 336 g/mol. The monoisotopic (exact) mass is 355 g/mol. The second kappa shape index (κ2) is 7.22. The fourth-order valence-electron chi connectivity index (χ4n) is 3.44. The van der Waals surface area contributed by atoms with Crippen molar-refractivity contribution in [2.24, 2.45) is 5.73 Å². The van der Waals surface area contributed by atoms with Crippen molar-refractivity contribution in [1.29, 1.82) is 5.26 Å². The Balaban J connectivity index is 1.94. The fourth-order valence-corrected chi connectivity index (χ4v) is 3.44. The van der Waals surface area contributed by atoms with Crippen molar-refractivity contribution in [3.63, 3.8) is 0 Å². The van der Waals surface area contributed by atoms with E-state index in [-0.39, 0.29) is 13.0 Å². The van der Waals surface area contributed by atoms with E-state index in [0.29, 0.717) is 11.1 Å². The molecule has 1 fully saturated rings. The van der Waals surface area contributed by atoms with Crippen molar-refractivity contribution >= 4 is 5.91 Å². The third-order valence-electron chi connectivity index (χ3n) is 4.83. The SMILES string of the molecule is Cc1cccc(-c2cccc(C[C@H]3[C@@H](N)[C@@H](F)CN3C(=O)C#N)c2F)c1. The lowest BCUT2D eigenvalue weighted by molar-refractivity contribution is -0.126. The zero-order chi connectivity index (χ0) is 18.8. The van der Waals surface area contributed by atoms with Gasteiger partial charge in [-0.25, -0.2) is 8.78 Å². The first kappa shape index (κ1) is 18.0. The number of benzene rings is 2. The minimum absolute atomic E-state index is 0.0560. The first-order chi connectivity index (χ1) is 12.4. The number of hydrogen-bond donors (Lipinski definition) is 1. The maximum atomic E-state index is 15.1. The van der Waals surface area contributed by atoms with Gasteiger partial charge in [0.15, 0.2) is 6.07 Å². The lowest BCUT2D eigenvalue weighted by Crippen LogP contribution is -2.44. The molecule has 0 unspecified atom stereocenters. The largest absolute Gasteiger partial charge is 0.325 e. The van der Waals surface area contributed by atoms with Crippen molar-refractivity contribution in [1.82, 2.24) is 4.90 Å². The number of carbonyl (C=O) groups is 1. The van der Waals surface area contributed by atoms with E-state index >= 15 is 4.39 Å². The first-order valence-corrected chi connectivity index (χ1v) is 8.37. The smallest absolute Gasteiger partial charge is 0.323 e. The molecule has 26 heavy (non-hydrogen) atoms. The van der Waals surface area contributed by atoms with Crippen LogP contribution >= 0.6 is 0 Å². The number of alkyl halides is 1. The minimum atomic E-state index is -1.43. The Morgan fingerprint density at radius 3 is 2.77 bits per heavy atom. The zero-order valence-electron chi connectivity index (χ0n) is 14.3. The average molecular weight is 355 g/mol. The Morgan fingerprint density at radius 1 is 1.35 bits per heavy atom. The fraction of sp³-hybridized carbons (Fsp3) is 0.300. The Bertz CT molecular complexity index is 878. The molecule has 1 saturated heterocycles. The number of rotatable bonds is 3. The number of likely N-dealkylation sites (tertiary alicyclic amines) is 1. The summed E-state index contributed by atoms with van der Waals surface area (Å²) >= 11 is 0. The van der Waals surface area contributed by atoms with Crippen LogP contribution in [0.25, 0.3) is 11.1 Å². The molecule has 2 N–H and O–H groups in total. The summed E-state index contributed by atoms with van der Waals surface area (Å²) in [4.78, 5) is 12.9. The van der Waals surface area contributed by atoms with E-state index in [2.05, 4.69) is 0 Å². The van der Waals surface area contributed by atoms with Crippen LogP contribution in [-0.2, 0) is 11.2 Å². The van der Waals surface area contributed by atoms with Gasteiger partial charge < -0.3 is 10.6 Å². The summed E-state index contributed by atoms with van der Waals surface area (Å²) in [5.41, 5.74) is 8.41. The van der Waals surface area contributed by atoms with E-state index in [4.69, 9.17) is 11.0 Å².